The summed E-state index contributed by atoms with van der Waals surface area (Å²) in [5, 5.41) is 3.53. The van der Waals surface area contributed by atoms with E-state index < -0.39 is 11.7 Å². The van der Waals surface area contributed by atoms with Gasteiger partial charge in [-0.2, -0.15) is 0 Å². The smallest absolute Gasteiger partial charge is 0.408 e. The van der Waals surface area contributed by atoms with Crippen LogP contribution in [-0.2, 0) is 9.47 Å². The Morgan fingerprint density at radius 3 is 2.79 bits per heavy atom. The zero-order valence-corrected chi connectivity index (χ0v) is 16.5. The van der Waals surface area contributed by atoms with Crippen LogP contribution in [0.5, 0.6) is 11.6 Å². The van der Waals surface area contributed by atoms with Gasteiger partial charge in [0.15, 0.2) is 0 Å². The molecule has 2 aromatic rings. The highest BCUT2D eigenvalue weighted by Crippen LogP contribution is 2.26. The average Bonchev–Trinajstić information content (AvgIpc) is 2.65. The molecule has 1 N–H and O–H groups in total. The molecule has 0 saturated carbocycles. The zero-order chi connectivity index (χ0) is 20.1. The Balaban J connectivity index is 1.57. The fourth-order valence-corrected chi connectivity index (χ4v) is 2.66. The number of amides is 1. The molecule has 0 aliphatic carbocycles. The minimum absolute atomic E-state index is 0.241. The van der Waals surface area contributed by atoms with Crippen molar-refractivity contribution in [3.63, 3.8) is 0 Å². The van der Waals surface area contributed by atoms with Crippen molar-refractivity contribution < 1.29 is 23.7 Å². The summed E-state index contributed by atoms with van der Waals surface area (Å²) in [6.07, 6.45) is 4.48. The number of benzene rings is 1. The summed E-state index contributed by atoms with van der Waals surface area (Å²) in [5.74, 6) is 1.17. The molecule has 28 heavy (non-hydrogen) atoms. The highest BCUT2D eigenvalue weighted by molar-refractivity contribution is 5.84. The van der Waals surface area contributed by atoms with E-state index in [1.165, 1.54) is 6.33 Å². The van der Waals surface area contributed by atoms with Crippen LogP contribution in [0.25, 0.3) is 10.9 Å². The normalized spacial score (nSPS) is 19.3. The van der Waals surface area contributed by atoms with E-state index in [0.717, 1.165) is 10.9 Å². The summed E-state index contributed by atoms with van der Waals surface area (Å²) in [6, 6.07) is 5.29. The Kier molecular flexibility index (Phi) is 5.99. The number of fused-ring (bicyclic) bond motifs is 1. The maximum absolute atomic E-state index is 11.8. The van der Waals surface area contributed by atoms with Crippen molar-refractivity contribution in [3.05, 3.63) is 36.7 Å². The van der Waals surface area contributed by atoms with Gasteiger partial charge < -0.3 is 24.3 Å². The Hall–Kier alpha value is -2.87. The quantitative estimate of drug-likeness (QED) is 0.789. The third kappa shape index (κ3) is 5.32. The van der Waals surface area contributed by atoms with Crippen molar-refractivity contribution in [3.8, 4) is 11.6 Å². The first-order chi connectivity index (χ1) is 13.3. The fourth-order valence-electron chi connectivity index (χ4n) is 2.66. The topological polar surface area (TPSA) is 91.8 Å². The van der Waals surface area contributed by atoms with Gasteiger partial charge in [-0.25, -0.2) is 14.8 Å². The van der Waals surface area contributed by atoms with Gasteiger partial charge in [-0.05, 0) is 39.0 Å². The van der Waals surface area contributed by atoms with Gasteiger partial charge in [-0.3, -0.25) is 0 Å². The maximum atomic E-state index is 11.8. The van der Waals surface area contributed by atoms with Crippen molar-refractivity contribution >= 4 is 17.0 Å². The van der Waals surface area contributed by atoms with Crippen LogP contribution in [0.15, 0.2) is 36.7 Å². The van der Waals surface area contributed by atoms with Gasteiger partial charge >= 0.3 is 6.09 Å². The van der Waals surface area contributed by atoms with Gasteiger partial charge in [-0.15, -0.1) is 0 Å². The number of hydrogen-bond acceptors (Lipinski definition) is 7. The molecule has 1 aliphatic heterocycles. The maximum Gasteiger partial charge on any atom is 0.408 e. The summed E-state index contributed by atoms with van der Waals surface area (Å²) >= 11 is 0. The molecule has 1 aromatic heterocycles. The van der Waals surface area contributed by atoms with Gasteiger partial charge in [0, 0.05) is 0 Å². The van der Waals surface area contributed by atoms with Crippen molar-refractivity contribution in [1.29, 1.82) is 0 Å². The summed E-state index contributed by atoms with van der Waals surface area (Å²) < 4.78 is 22.1. The Morgan fingerprint density at radius 1 is 1.29 bits per heavy atom. The Labute approximate surface area is 163 Å². The third-order valence-electron chi connectivity index (χ3n) is 3.94. The summed E-state index contributed by atoms with van der Waals surface area (Å²) in [4.78, 5) is 20.3. The molecule has 1 amide bonds. The van der Waals surface area contributed by atoms with Crippen molar-refractivity contribution in [1.82, 2.24) is 15.3 Å². The van der Waals surface area contributed by atoms with E-state index in [9.17, 15) is 4.79 Å². The van der Waals surface area contributed by atoms with Gasteiger partial charge in [0.25, 0.3) is 0 Å². The highest BCUT2D eigenvalue weighted by Gasteiger charge is 2.22. The van der Waals surface area contributed by atoms with E-state index >= 15 is 0 Å². The summed E-state index contributed by atoms with van der Waals surface area (Å²) in [5.41, 5.74) is 0.232. The van der Waals surface area contributed by atoms with Crippen LogP contribution in [0.2, 0.25) is 0 Å². The molecule has 0 spiro atoms. The molecule has 0 saturated heterocycles. The van der Waals surface area contributed by atoms with E-state index in [-0.39, 0.29) is 12.1 Å². The number of ether oxygens (including phenoxy) is 4. The zero-order valence-electron chi connectivity index (χ0n) is 16.5. The number of hydrogen-bond donors (Lipinski definition) is 1. The molecule has 2 heterocycles. The van der Waals surface area contributed by atoms with Gasteiger partial charge in [-0.1, -0.05) is 12.2 Å². The summed E-state index contributed by atoms with van der Waals surface area (Å²) in [7, 11) is 1.61. The second kappa shape index (κ2) is 8.43. The van der Waals surface area contributed by atoms with Crippen LogP contribution in [0.3, 0.4) is 0 Å². The average molecular weight is 387 g/mol. The van der Waals surface area contributed by atoms with E-state index in [2.05, 4.69) is 15.3 Å². The van der Waals surface area contributed by atoms with E-state index in [1.54, 1.807) is 7.11 Å². The van der Waals surface area contributed by atoms with Crippen LogP contribution >= 0.6 is 0 Å². The number of aromatic nitrogens is 2. The van der Waals surface area contributed by atoms with Gasteiger partial charge in [0.2, 0.25) is 5.88 Å². The molecule has 0 unspecified atom stereocenters. The predicted octanol–water partition coefficient (Wildman–Crippen LogP) is 2.87. The molecule has 0 radical (unpaired) electrons. The van der Waals surface area contributed by atoms with E-state index in [1.807, 2.05) is 51.1 Å². The van der Waals surface area contributed by atoms with Gasteiger partial charge in [0.05, 0.1) is 30.7 Å². The molecular formula is C20H25N3O5. The lowest BCUT2D eigenvalue weighted by atomic mass is 10.2. The Morgan fingerprint density at radius 2 is 2.11 bits per heavy atom. The van der Waals surface area contributed by atoms with Crippen molar-refractivity contribution in [2.24, 2.45) is 0 Å². The molecule has 0 bridgehead atoms. The second-order valence-corrected chi connectivity index (χ2v) is 7.38. The predicted molar refractivity (Wildman–Crippen MR) is 104 cm³/mol. The van der Waals surface area contributed by atoms with E-state index in [4.69, 9.17) is 18.9 Å². The monoisotopic (exact) mass is 387 g/mol. The molecule has 0 fully saturated rings. The lowest BCUT2D eigenvalue weighted by Crippen LogP contribution is -2.43. The van der Waals surface area contributed by atoms with Crippen LogP contribution in [0.4, 0.5) is 4.79 Å². The number of alkyl carbamates (subject to hydrolysis) is 1. The van der Waals surface area contributed by atoms with Crippen molar-refractivity contribution in [2.45, 2.75) is 38.5 Å². The minimum atomic E-state index is -0.539. The second-order valence-electron chi connectivity index (χ2n) is 7.38. The number of methoxy groups -OCH3 is 1. The van der Waals surface area contributed by atoms with Crippen molar-refractivity contribution in [2.75, 3.05) is 20.3 Å². The largest absolute Gasteiger partial charge is 0.497 e. The number of carbonyl (C=O) groups is 1. The van der Waals surface area contributed by atoms with Crippen LogP contribution < -0.4 is 14.8 Å². The molecule has 1 aliphatic rings. The first-order valence-electron chi connectivity index (χ1n) is 9.05. The van der Waals surface area contributed by atoms with Crippen LogP contribution in [0.1, 0.15) is 20.8 Å². The van der Waals surface area contributed by atoms with Crippen LogP contribution in [-0.4, -0.2) is 54.1 Å². The fraction of sp³-hybridized carbons (Fsp3) is 0.450. The first-order valence-corrected chi connectivity index (χ1v) is 9.05. The molecular weight excluding hydrogens is 362 g/mol. The first kappa shape index (κ1) is 19.9. The minimum Gasteiger partial charge on any atom is -0.497 e. The molecule has 8 heteroatoms. The van der Waals surface area contributed by atoms with Gasteiger partial charge in [0.1, 0.15) is 30.4 Å². The number of nitrogens with one attached hydrogen (secondary N) is 1. The third-order valence-corrected chi connectivity index (χ3v) is 3.94. The number of rotatable bonds is 5. The molecule has 1 aromatic carbocycles. The van der Waals surface area contributed by atoms with E-state index in [0.29, 0.717) is 24.8 Å². The highest BCUT2D eigenvalue weighted by atomic mass is 16.6. The molecule has 8 nitrogen and oxygen atoms in total. The molecule has 3 rings (SSSR count). The summed E-state index contributed by atoms with van der Waals surface area (Å²) in [6.45, 7) is 6.08. The molecule has 150 valence electrons. The lowest BCUT2D eigenvalue weighted by Gasteiger charge is -2.26. The van der Waals surface area contributed by atoms with Crippen LogP contribution in [0, 0.1) is 0 Å². The lowest BCUT2D eigenvalue weighted by molar-refractivity contribution is 0.0239. The standard InChI is InChI=1S/C20H25N3O5/c1-20(2,3)28-19(24)23-13-5-6-15(26-10-13)11-27-18-16-9-14(25-4)7-8-17(16)21-12-22-18/h5-9,12-13,15H,10-11H2,1-4H3,(H,23,24)/t13-,15+/m1/s1. The number of carbonyl (C=O) groups excluding carboxylic acids is 1. The SMILES string of the molecule is COc1ccc2ncnc(OC[C@@H]3C=C[C@@H](NC(=O)OC(C)(C)C)CO3)c2c1. The Bertz CT molecular complexity index is 863. The number of nitrogens with zero attached hydrogens (tertiary/aromatic N) is 2. The molecule has 2 atom stereocenters.